The number of ether oxygens (including phenoxy) is 2. The first kappa shape index (κ1) is 17.7. The van der Waals surface area contributed by atoms with Crippen molar-refractivity contribution in [1.29, 1.82) is 0 Å². The van der Waals surface area contributed by atoms with Gasteiger partial charge in [0.25, 0.3) is 5.91 Å². The van der Waals surface area contributed by atoms with Crippen LogP contribution in [0.2, 0.25) is 5.02 Å². The lowest BCUT2D eigenvalue weighted by molar-refractivity contribution is -0.118. The first-order chi connectivity index (χ1) is 11.4. The molecule has 1 N–H and O–H groups in total. The molecule has 0 fully saturated rings. The second-order valence-electron chi connectivity index (χ2n) is 4.88. The van der Waals surface area contributed by atoms with Gasteiger partial charge in [-0.15, -0.1) is 0 Å². The Morgan fingerprint density at radius 3 is 2.50 bits per heavy atom. The number of hydrogen-bond donors (Lipinski definition) is 1. The lowest BCUT2D eigenvalue weighted by Crippen LogP contribution is -2.20. The lowest BCUT2D eigenvalue weighted by Gasteiger charge is -2.11. The molecule has 0 bridgehead atoms. The van der Waals surface area contributed by atoms with Gasteiger partial charge in [0.05, 0.1) is 17.7 Å². The molecule has 0 aromatic heterocycles. The van der Waals surface area contributed by atoms with E-state index in [9.17, 15) is 14.0 Å². The minimum atomic E-state index is -0.551. The van der Waals surface area contributed by atoms with Crippen molar-refractivity contribution in [2.24, 2.45) is 0 Å². The maximum Gasteiger partial charge on any atom is 0.262 e. The minimum Gasteiger partial charge on any atom is -0.495 e. The van der Waals surface area contributed by atoms with Crippen molar-refractivity contribution >= 4 is 29.0 Å². The van der Waals surface area contributed by atoms with E-state index in [-0.39, 0.29) is 23.7 Å². The highest BCUT2D eigenvalue weighted by Crippen LogP contribution is 2.27. The molecule has 0 aliphatic rings. The quantitative estimate of drug-likeness (QED) is 0.806. The number of rotatable bonds is 6. The van der Waals surface area contributed by atoms with Crippen LogP contribution in [0.1, 0.15) is 17.3 Å². The number of anilines is 1. The standard InChI is InChI=1S/C17H15ClFNO4/c1-10(21)13-7-11(19)3-5-15(13)24-9-17(22)20-12-4-6-16(23-2)14(18)8-12/h3-8H,9H2,1-2H3,(H,20,22). The predicted molar refractivity (Wildman–Crippen MR) is 88.5 cm³/mol. The molecular formula is C17H15ClFNO4. The summed E-state index contributed by atoms with van der Waals surface area (Å²) in [5.41, 5.74) is 0.551. The molecule has 126 valence electrons. The van der Waals surface area contributed by atoms with E-state index in [0.29, 0.717) is 16.5 Å². The summed E-state index contributed by atoms with van der Waals surface area (Å²) in [6.07, 6.45) is 0. The summed E-state index contributed by atoms with van der Waals surface area (Å²) >= 11 is 5.98. The monoisotopic (exact) mass is 351 g/mol. The third kappa shape index (κ3) is 4.45. The van der Waals surface area contributed by atoms with E-state index in [2.05, 4.69) is 5.32 Å². The third-order valence-electron chi connectivity index (χ3n) is 3.12. The van der Waals surface area contributed by atoms with Crippen molar-refractivity contribution in [3.05, 3.63) is 52.8 Å². The Balaban J connectivity index is 2.01. The number of carbonyl (C=O) groups is 2. The molecule has 5 nitrogen and oxygen atoms in total. The second kappa shape index (κ2) is 7.79. The highest BCUT2D eigenvalue weighted by molar-refractivity contribution is 6.32. The van der Waals surface area contributed by atoms with E-state index in [1.807, 2.05) is 0 Å². The maximum absolute atomic E-state index is 13.2. The average molecular weight is 352 g/mol. The highest BCUT2D eigenvalue weighted by atomic mass is 35.5. The normalized spacial score (nSPS) is 10.2. The van der Waals surface area contributed by atoms with Crippen LogP contribution in [0.3, 0.4) is 0 Å². The first-order valence-corrected chi connectivity index (χ1v) is 7.35. The SMILES string of the molecule is COc1ccc(NC(=O)COc2ccc(F)cc2C(C)=O)cc1Cl. The molecule has 2 rings (SSSR count). The Bertz CT molecular complexity index is 779. The molecule has 0 aliphatic heterocycles. The number of carbonyl (C=O) groups excluding carboxylic acids is 2. The molecule has 2 aromatic rings. The molecule has 0 saturated heterocycles. The van der Waals surface area contributed by atoms with Gasteiger partial charge in [-0.25, -0.2) is 4.39 Å². The number of hydrogen-bond acceptors (Lipinski definition) is 4. The van der Waals surface area contributed by atoms with E-state index in [1.54, 1.807) is 12.1 Å². The fourth-order valence-electron chi connectivity index (χ4n) is 1.99. The van der Waals surface area contributed by atoms with E-state index in [1.165, 1.54) is 26.2 Å². The maximum atomic E-state index is 13.2. The summed E-state index contributed by atoms with van der Waals surface area (Å²) < 4.78 is 23.5. The molecule has 0 unspecified atom stereocenters. The fraction of sp³-hybridized carbons (Fsp3) is 0.176. The minimum absolute atomic E-state index is 0.0790. The zero-order chi connectivity index (χ0) is 17.7. The fourth-order valence-corrected chi connectivity index (χ4v) is 2.25. The first-order valence-electron chi connectivity index (χ1n) is 6.97. The topological polar surface area (TPSA) is 64.6 Å². The second-order valence-corrected chi connectivity index (χ2v) is 5.29. The number of halogens is 2. The van der Waals surface area contributed by atoms with Crippen molar-refractivity contribution in [2.45, 2.75) is 6.92 Å². The van der Waals surface area contributed by atoms with E-state index in [0.717, 1.165) is 12.1 Å². The molecule has 0 saturated carbocycles. The van der Waals surface area contributed by atoms with Crippen molar-refractivity contribution in [3.63, 3.8) is 0 Å². The summed E-state index contributed by atoms with van der Waals surface area (Å²) in [4.78, 5) is 23.4. The molecule has 1 amide bonds. The smallest absolute Gasteiger partial charge is 0.262 e. The van der Waals surface area contributed by atoms with Gasteiger partial charge in [-0.3, -0.25) is 9.59 Å². The van der Waals surface area contributed by atoms with Gasteiger partial charge < -0.3 is 14.8 Å². The van der Waals surface area contributed by atoms with E-state index < -0.39 is 11.7 Å². The Labute approximate surface area is 143 Å². The van der Waals surface area contributed by atoms with Crippen LogP contribution in [-0.4, -0.2) is 25.4 Å². The van der Waals surface area contributed by atoms with Crippen LogP contribution in [0.4, 0.5) is 10.1 Å². The number of nitrogens with one attached hydrogen (secondary N) is 1. The van der Waals surface area contributed by atoms with Crippen LogP contribution in [0.15, 0.2) is 36.4 Å². The van der Waals surface area contributed by atoms with Crippen LogP contribution in [0.5, 0.6) is 11.5 Å². The van der Waals surface area contributed by atoms with Gasteiger partial charge in [-0.2, -0.15) is 0 Å². The van der Waals surface area contributed by atoms with Gasteiger partial charge in [0, 0.05) is 5.69 Å². The van der Waals surface area contributed by atoms with Crippen molar-refractivity contribution in [3.8, 4) is 11.5 Å². The predicted octanol–water partition coefficient (Wildman–Crippen LogP) is 3.71. The van der Waals surface area contributed by atoms with Gasteiger partial charge in [0.15, 0.2) is 12.4 Å². The van der Waals surface area contributed by atoms with E-state index >= 15 is 0 Å². The van der Waals surface area contributed by atoms with Gasteiger partial charge >= 0.3 is 0 Å². The Morgan fingerprint density at radius 2 is 1.88 bits per heavy atom. The zero-order valence-corrected chi connectivity index (χ0v) is 13.8. The van der Waals surface area contributed by atoms with Crippen LogP contribution in [0, 0.1) is 5.82 Å². The van der Waals surface area contributed by atoms with Crippen molar-refractivity contribution in [1.82, 2.24) is 0 Å². The summed E-state index contributed by atoms with van der Waals surface area (Å²) in [6.45, 7) is 0.955. The van der Waals surface area contributed by atoms with Crippen LogP contribution < -0.4 is 14.8 Å². The number of Topliss-reactive ketones (excluding diaryl/α,β-unsaturated/α-hetero) is 1. The summed E-state index contributed by atoms with van der Waals surface area (Å²) in [5, 5.41) is 2.96. The number of benzene rings is 2. The van der Waals surface area contributed by atoms with Crippen LogP contribution in [-0.2, 0) is 4.79 Å². The molecule has 2 aromatic carbocycles. The lowest BCUT2D eigenvalue weighted by atomic mass is 10.1. The van der Waals surface area contributed by atoms with Gasteiger partial charge in [0.2, 0.25) is 0 Å². The Kier molecular flexibility index (Phi) is 5.76. The van der Waals surface area contributed by atoms with Crippen LogP contribution >= 0.6 is 11.6 Å². The van der Waals surface area contributed by atoms with Crippen molar-refractivity contribution < 1.29 is 23.5 Å². The Hall–Kier alpha value is -2.60. The van der Waals surface area contributed by atoms with Gasteiger partial charge in [-0.05, 0) is 43.3 Å². The summed E-state index contributed by atoms with van der Waals surface area (Å²) in [6, 6.07) is 8.32. The molecule has 0 atom stereocenters. The molecule has 0 aliphatic carbocycles. The zero-order valence-electron chi connectivity index (χ0n) is 13.1. The van der Waals surface area contributed by atoms with Crippen LogP contribution in [0.25, 0.3) is 0 Å². The summed E-state index contributed by atoms with van der Waals surface area (Å²) in [7, 11) is 1.49. The third-order valence-corrected chi connectivity index (χ3v) is 3.41. The Morgan fingerprint density at radius 1 is 1.17 bits per heavy atom. The summed E-state index contributed by atoms with van der Waals surface area (Å²) in [5.74, 6) is -0.720. The number of amides is 1. The highest BCUT2D eigenvalue weighted by Gasteiger charge is 2.12. The molecule has 7 heteroatoms. The van der Waals surface area contributed by atoms with Crippen molar-refractivity contribution in [2.75, 3.05) is 19.0 Å². The largest absolute Gasteiger partial charge is 0.495 e. The number of ketones is 1. The number of methoxy groups -OCH3 is 1. The molecule has 0 heterocycles. The molecule has 24 heavy (non-hydrogen) atoms. The molecule has 0 radical (unpaired) electrons. The van der Waals surface area contributed by atoms with Gasteiger partial charge in [-0.1, -0.05) is 11.6 Å². The van der Waals surface area contributed by atoms with E-state index in [4.69, 9.17) is 21.1 Å². The average Bonchev–Trinajstić information content (AvgIpc) is 2.53. The molecular weight excluding hydrogens is 337 g/mol. The van der Waals surface area contributed by atoms with Gasteiger partial charge in [0.1, 0.15) is 17.3 Å². The molecule has 0 spiro atoms.